The van der Waals surface area contributed by atoms with Gasteiger partial charge in [0.05, 0.1) is 0 Å². The molecule has 2 aliphatic carbocycles. The Hall–Kier alpha value is -0.0400. The highest BCUT2D eigenvalue weighted by Gasteiger charge is 2.49. The predicted molar refractivity (Wildman–Crippen MR) is 47.2 cm³/mol. The van der Waals surface area contributed by atoms with Crippen LogP contribution in [0.3, 0.4) is 0 Å². The smallest absolute Gasteiger partial charge is 0.00751 e. The molecular formula is C10H19N. The number of hydrogen-bond donors (Lipinski definition) is 1. The molecule has 0 amide bonds. The van der Waals surface area contributed by atoms with Crippen LogP contribution in [0.2, 0.25) is 0 Å². The van der Waals surface area contributed by atoms with Crippen molar-refractivity contribution in [2.45, 2.75) is 45.6 Å². The van der Waals surface area contributed by atoms with Crippen LogP contribution in [0.4, 0.5) is 0 Å². The van der Waals surface area contributed by atoms with Crippen LogP contribution in [0, 0.1) is 17.3 Å². The molecule has 0 spiro atoms. The highest BCUT2D eigenvalue weighted by atomic mass is 14.7. The first kappa shape index (κ1) is 7.60. The fourth-order valence-electron chi connectivity index (χ4n) is 2.14. The van der Waals surface area contributed by atoms with Gasteiger partial charge in [-0.05, 0) is 30.1 Å². The summed E-state index contributed by atoms with van der Waals surface area (Å²) in [6.07, 6.45) is 5.55. The van der Waals surface area contributed by atoms with Crippen molar-refractivity contribution in [2.24, 2.45) is 23.0 Å². The largest absolute Gasteiger partial charge is 0.327 e. The molecule has 0 aromatic carbocycles. The monoisotopic (exact) mass is 153 g/mol. The molecular weight excluding hydrogens is 134 g/mol. The zero-order chi connectivity index (χ0) is 8.06. The summed E-state index contributed by atoms with van der Waals surface area (Å²) in [5.74, 6) is 1.84. The van der Waals surface area contributed by atoms with Crippen molar-refractivity contribution in [3.63, 3.8) is 0 Å². The van der Waals surface area contributed by atoms with Crippen LogP contribution in [-0.2, 0) is 0 Å². The minimum Gasteiger partial charge on any atom is -0.327 e. The van der Waals surface area contributed by atoms with Gasteiger partial charge in [0.25, 0.3) is 0 Å². The van der Waals surface area contributed by atoms with Crippen LogP contribution in [0.25, 0.3) is 0 Å². The van der Waals surface area contributed by atoms with Crippen molar-refractivity contribution in [1.82, 2.24) is 0 Å². The van der Waals surface area contributed by atoms with Gasteiger partial charge in [0.1, 0.15) is 0 Å². The molecule has 11 heavy (non-hydrogen) atoms. The normalized spacial score (nSPS) is 36.8. The molecule has 1 nitrogen and oxygen atoms in total. The maximum absolute atomic E-state index is 6.10. The molecule has 0 saturated heterocycles. The van der Waals surface area contributed by atoms with Crippen molar-refractivity contribution in [2.75, 3.05) is 0 Å². The Morgan fingerprint density at radius 2 is 2.00 bits per heavy atom. The van der Waals surface area contributed by atoms with Gasteiger partial charge in [0.15, 0.2) is 0 Å². The van der Waals surface area contributed by atoms with Gasteiger partial charge in [-0.3, -0.25) is 0 Å². The summed E-state index contributed by atoms with van der Waals surface area (Å²) in [6.45, 7) is 4.68. The summed E-state index contributed by atoms with van der Waals surface area (Å²) in [5, 5.41) is 0. The van der Waals surface area contributed by atoms with E-state index >= 15 is 0 Å². The number of nitrogens with two attached hydrogens (primary N) is 1. The van der Waals surface area contributed by atoms with Crippen LogP contribution in [-0.4, -0.2) is 6.04 Å². The highest BCUT2D eigenvalue weighted by molar-refractivity contribution is 5.01. The lowest BCUT2D eigenvalue weighted by atomic mass is 10.0. The topological polar surface area (TPSA) is 26.0 Å². The van der Waals surface area contributed by atoms with E-state index in [1.165, 1.54) is 25.7 Å². The Balaban J connectivity index is 1.77. The SMILES string of the molecule is CC1(C)CC1C(N)CC1CC1. The fourth-order valence-corrected chi connectivity index (χ4v) is 2.14. The standard InChI is InChI=1S/C10H19N/c1-10(2)6-8(10)9(11)5-7-3-4-7/h7-9H,3-6,11H2,1-2H3. The van der Waals surface area contributed by atoms with E-state index in [0.29, 0.717) is 11.5 Å². The molecule has 2 atom stereocenters. The van der Waals surface area contributed by atoms with Crippen LogP contribution in [0.5, 0.6) is 0 Å². The lowest BCUT2D eigenvalue weighted by Gasteiger charge is -2.12. The molecule has 1 heteroatoms. The summed E-state index contributed by atoms with van der Waals surface area (Å²) >= 11 is 0. The quantitative estimate of drug-likeness (QED) is 0.660. The Morgan fingerprint density at radius 3 is 2.36 bits per heavy atom. The van der Waals surface area contributed by atoms with Crippen molar-refractivity contribution in [1.29, 1.82) is 0 Å². The van der Waals surface area contributed by atoms with Gasteiger partial charge in [0, 0.05) is 6.04 Å². The fraction of sp³-hybridized carbons (Fsp3) is 1.00. The van der Waals surface area contributed by atoms with E-state index in [4.69, 9.17) is 5.73 Å². The van der Waals surface area contributed by atoms with Gasteiger partial charge < -0.3 is 5.73 Å². The van der Waals surface area contributed by atoms with Gasteiger partial charge in [-0.1, -0.05) is 26.7 Å². The molecule has 0 aromatic rings. The van der Waals surface area contributed by atoms with E-state index in [-0.39, 0.29) is 0 Å². The lowest BCUT2D eigenvalue weighted by molar-refractivity contribution is 0.441. The van der Waals surface area contributed by atoms with Crippen molar-refractivity contribution in [3.8, 4) is 0 Å². The Morgan fingerprint density at radius 1 is 1.45 bits per heavy atom. The lowest BCUT2D eigenvalue weighted by Crippen LogP contribution is -2.25. The first-order valence-electron chi connectivity index (χ1n) is 4.85. The van der Waals surface area contributed by atoms with Crippen LogP contribution in [0.1, 0.15) is 39.5 Å². The summed E-state index contributed by atoms with van der Waals surface area (Å²) in [6, 6.07) is 0.512. The molecule has 2 saturated carbocycles. The number of rotatable bonds is 3. The molecule has 0 radical (unpaired) electrons. The van der Waals surface area contributed by atoms with Gasteiger partial charge in [-0.15, -0.1) is 0 Å². The second-order valence-corrected chi connectivity index (χ2v) is 5.14. The zero-order valence-corrected chi connectivity index (χ0v) is 7.64. The Kier molecular flexibility index (Phi) is 1.54. The van der Waals surface area contributed by atoms with E-state index in [1.807, 2.05) is 0 Å². The van der Waals surface area contributed by atoms with E-state index < -0.39 is 0 Å². The number of hydrogen-bond acceptors (Lipinski definition) is 1. The van der Waals surface area contributed by atoms with Gasteiger partial charge in [-0.25, -0.2) is 0 Å². The molecule has 0 aliphatic heterocycles. The third-order valence-corrected chi connectivity index (χ3v) is 3.41. The predicted octanol–water partition coefficient (Wildman–Crippen LogP) is 2.16. The van der Waals surface area contributed by atoms with Gasteiger partial charge in [-0.2, -0.15) is 0 Å². The minimum absolute atomic E-state index is 0.512. The molecule has 2 N–H and O–H groups in total. The summed E-state index contributed by atoms with van der Waals surface area (Å²) in [5.41, 5.74) is 6.67. The van der Waals surface area contributed by atoms with E-state index in [9.17, 15) is 0 Å². The maximum atomic E-state index is 6.10. The molecule has 2 aliphatic rings. The minimum atomic E-state index is 0.512. The van der Waals surface area contributed by atoms with Crippen molar-refractivity contribution < 1.29 is 0 Å². The molecule has 2 unspecified atom stereocenters. The Bertz CT molecular complexity index is 158. The third-order valence-electron chi connectivity index (χ3n) is 3.41. The van der Waals surface area contributed by atoms with Gasteiger partial charge >= 0.3 is 0 Å². The van der Waals surface area contributed by atoms with Gasteiger partial charge in [0.2, 0.25) is 0 Å². The van der Waals surface area contributed by atoms with Crippen LogP contribution >= 0.6 is 0 Å². The van der Waals surface area contributed by atoms with E-state index in [1.54, 1.807) is 0 Å². The van der Waals surface area contributed by atoms with E-state index in [0.717, 1.165) is 11.8 Å². The third kappa shape index (κ3) is 1.58. The first-order chi connectivity index (χ1) is 5.09. The summed E-state index contributed by atoms with van der Waals surface area (Å²) < 4.78 is 0. The van der Waals surface area contributed by atoms with E-state index in [2.05, 4.69) is 13.8 Å². The highest BCUT2D eigenvalue weighted by Crippen LogP contribution is 2.54. The molecule has 64 valence electrons. The van der Waals surface area contributed by atoms with Crippen LogP contribution in [0.15, 0.2) is 0 Å². The average molecular weight is 153 g/mol. The zero-order valence-electron chi connectivity index (χ0n) is 7.64. The van der Waals surface area contributed by atoms with Crippen molar-refractivity contribution >= 4 is 0 Å². The molecule has 2 rings (SSSR count). The molecule has 0 aromatic heterocycles. The average Bonchev–Trinajstić information content (AvgIpc) is 2.71. The maximum Gasteiger partial charge on any atom is 0.00751 e. The Labute approximate surface area is 69.4 Å². The molecule has 0 heterocycles. The van der Waals surface area contributed by atoms with Crippen LogP contribution < -0.4 is 5.73 Å². The van der Waals surface area contributed by atoms with Crippen molar-refractivity contribution in [3.05, 3.63) is 0 Å². The molecule has 2 fully saturated rings. The molecule has 0 bridgehead atoms. The summed E-state index contributed by atoms with van der Waals surface area (Å²) in [7, 11) is 0. The second-order valence-electron chi connectivity index (χ2n) is 5.14. The second kappa shape index (κ2) is 2.22. The first-order valence-corrected chi connectivity index (χ1v) is 4.85. The summed E-state index contributed by atoms with van der Waals surface area (Å²) in [4.78, 5) is 0.